The fourth-order valence-electron chi connectivity index (χ4n) is 5.22. The monoisotopic (exact) mass is 587 g/mol. The smallest absolute Gasteiger partial charge is 0.410 e. The molecule has 0 radical (unpaired) electrons. The van der Waals surface area contributed by atoms with Crippen LogP contribution in [0.4, 0.5) is 13.6 Å². The molecule has 2 aliphatic rings. The zero-order valence-electron chi connectivity index (χ0n) is 23.5. The quantitative estimate of drug-likeness (QED) is 0.307. The zero-order chi connectivity index (χ0) is 29.5. The van der Waals surface area contributed by atoms with E-state index in [9.17, 15) is 18.4 Å². The van der Waals surface area contributed by atoms with Crippen molar-refractivity contribution in [3.63, 3.8) is 0 Å². The van der Waals surface area contributed by atoms with Crippen LogP contribution in [-0.2, 0) is 17.8 Å². The molecule has 0 saturated carbocycles. The Labute approximate surface area is 241 Å². The average molecular weight is 588 g/mol. The van der Waals surface area contributed by atoms with Crippen molar-refractivity contribution < 1.29 is 32.5 Å². The van der Waals surface area contributed by atoms with Crippen LogP contribution in [0.1, 0.15) is 38.3 Å². The molecular formula is C29H35F2N5O6. The summed E-state index contributed by atoms with van der Waals surface area (Å²) in [6.07, 6.45) is 5.62. The first-order chi connectivity index (χ1) is 20.4. The number of fused-ring (bicyclic) bond motifs is 2. The Balaban J connectivity index is 1.24. The third kappa shape index (κ3) is 7.25. The third-order valence-corrected chi connectivity index (χ3v) is 7.45. The van der Waals surface area contributed by atoms with Gasteiger partial charge in [-0.3, -0.25) is 19.7 Å². The minimum Gasteiger partial charge on any atom is -0.486 e. The summed E-state index contributed by atoms with van der Waals surface area (Å²) in [5, 5.41) is 0. The molecule has 13 heteroatoms. The van der Waals surface area contributed by atoms with Gasteiger partial charge in [0.15, 0.2) is 11.5 Å². The van der Waals surface area contributed by atoms with Crippen molar-refractivity contribution in [3.8, 4) is 17.2 Å². The molecule has 0 spiro atoms. The standard InChI is InChI=1S/C29H35F2N5O6/c1-2-3-12-41-29(38)36(19-20-15-25-26(18-32-20)40-14-13-39-25)21-6-8-34(9-7-21)10-11-35-24-16-22(42-28(30)31)17-33-23(24)4-5-27(35)37/h4-5,15-18,21,28H,2-3,6-14,19H2,1H3. The molecule has 1 saturated heterocycles. The van der Waals surface area contributed by atoms with Gasteiger partial charge in [-0.05, 0) is 25.3 Å². The highest BCUT2D eigenvalue weighted by atomic mass is 19.3. The SMILES string of the molecule is CCCCOC(=O)N(Cc1cc2c(cn1)OCCO2)C1CCN(CCn2c(=O)ccc3ncc(OC(F)F)cc32)CC1. The molecule has 0 N–H and O–H groups in total. The van der Waals surface area contributed by atoms with Crippen LogP contribution in [0.15, 0.2) is 41.5 Å². The van der Waals surface area contributed by atoms with E-state index in [1.54, 1.807) is 17.2 Å². The predicted molar refractivity (Wildman–Crippen MR) is 149 cm³/mol. The molecule has 2 aliphatic heterocycles. The van der Waals surface area contributed by atoms with Gasteiger partial charge < -0.3 is 28.4 Å². The van der Waals surface area contributed by atoms with E-state index in [4.69, 9.17) is 14.2 Å². The van der Waals surface area contributed by atoms with E-state index in [0.717, 1.165) is 12.8 Å². The number of ether oxygens (including phenoxy) is 4. The second-order valence-corrected chi connectivity index (χ2v) is 10.3. The number of halogens is 2. The van der Waals surface area contributed by atoms with Gasteiger partial charge in [-0.1, -0.05) is 13.3 Å². The van der Waals surface area contributed by atoms with Gasteiger partial charge in [-0.25, -0.2) is 4.79 Å². The van der Waals surface area contributed by atoms with Gasteiger partial charge in [0.05, 0.1) is 42.3 Å². The number of pyridine rings is 3. The van der Waals surface area contributed by atoms with Crippen molar-refractivity contribution in [3.05, 3.63) is 52.7 Å². The number of likely N-dealkylation sites (tertiary alicyclic amines) is 1. The number of unbranched alkanes of at least 4 members (excludes halogenated alkanes) is 1. The molecular weight excluding hydrogens is 552 g/mol. The van der Waals surface area contributed by atoms with E-state index >= 15 is 0 Å². The van der Waals surface area contributed by atoms with Gasteiger partial charge >= 0.3 is 12.7 Å². The largest absolute Gasteiger partial charge is 0.486 e. The first-order valence-corrected chi connectivity index (χ1v) is 14.3. The zero-order valence-corrected chi connectivity index (χ0v) is 23.5. The van der Waals surface area contributed by atoms with Gasteiger partial charge in [0.2, 0.25) is 0 Å². The lowest BCUT2D eigenvalue weighted by atomic mass is 10.0. The lowest BCUT2D eigenvalue weighted by molar-refractivity contribution is -0.0499. The number of nitrogens with zero attached hydrogens (tertiary/aromatic N) is 5. The van der Waals surface area contributed by atoms with E-state index in [2.05, 4.69) is 19.6 Å². The Kier molecular flexibility index (Phi) is 9.67. The fraction of sp³-hybridized carbons (Fsp3) is 0.517. The van der Waals surface area contributed by atoms with Gasteiger partial charge in [0, 0.05) is 50.4 Å². The van der Waals surface area contributed by atoms with Crippen LogP contribution in [0.25, 0.3) is 11.0 Å². The van der Waals surface area contributed by atoms with Crippen LogP contribution in [0.5, 0.6) is 17.2 Å². The average Bonchev–Trinajstić information content (AvgIpc) is 2.99. The first-order valence-electron chi connectivity index (χ1n) is 14.3. The van der Waals surface area contributed by atoms with Crippen molar-refractivity contribution in [1.29, 1.82) is 0 Å². The van der Waals surface area contributed by atoms with Crippen LogP contribution in [-0.4, -0.2) is 82.5 Å². The number of piperidine rings is 1. The molecule has 1 fully saturated rings. The number of rotatable bonds is 11. The Morgan fingerprint density at radius 3 is 2.64 bits per heavy atom. The van der Waals surface area contributed by atoms with Crippen molar-refractivity contribution in [2.45, 2.75) is 58.3 Å². The summed E-state index contributed by atoms with van der Waals surface area (Å²) in [6, 6.07) is 6.16. The highest BCUT2D eigenvalue weighted by Gasteiger charge is 2.30. The summed E-state index contributed by atoms with van der Waals surface area (Å²) < 4.78 is 48.3. The molecule has 0 aromatic carbocycles. The molecule has 0 atom stereocenters. The number of carbonyl (C=O) groups excluding carboxylic acids is 1. The Morgan fingerprint density at radius 1 is 1.10 bits per heavy atom. The van der Waals surface area contributed by atoms with Gasteiger partial charge in [-0.2, -0.15) is 8.78 Å². The topological polar surface area (TPSA) is 108 Å². The minimum atomic E-state index is -2.98. The minimum absolute atomic E-state index is 0.0519. The molecule has 0 aliphatic carbocycles. The van der Waals surface area contributed by atoms with E-state index in [0.29, 0.717) is 87.1 Å². The second kappa shape index (κ2) is 13.8. The van der Waals surface area contributed by atoms with Gasteiger partial charge in [0.1, 0.15) is 19.0 Å². The summed E-state index contributed by atoms with van der Waals surface area (Å²) >= 11 is 0. The Morgan fingerprint density at radius 2 is 1.88 bits per heavy atom. The normalized spacial score (nSPS) is 15.6. The van der Waals surface area contributed by atoms with E-state index in [1.807, 2.05) is 13.0 Å². The summed E-state index contributed by atoms with van der Waals surface area (Å²) in [4.78, 5) is 38.5. The maximum Gasteiger partial charge on any atom is 0.410 e. The summed E-state index contributed by atoms with van der Waals surface area (Å²) in [7, 11) is 0. The van der Waals surface area contributed by atoms with Crippen molar-refractivity contribution in [2.24, 2.45) is 0 Å². The van der Waals surface area contributed by atoms with Gasteiger partial charge in [-0.15, -0.1) is 0 Å². The Bertz CT molecular complexity index is 1430. The molecule has 5 rings (SSSR count). The molecule has 5 heterocycles. The van der Waals surface area contributed by atoms with Crippen LogP contribution < -0.4 is 19.8 Å². The summed E-state index contributed by atoms with van der Waals surface area (Å²) in [5.41, 5.74) is 1.39. The number of aromatic nitrogens is 3. The molecule has 11 nitrogen and oxygen atoms in total. The first kappa shape index (κ1) is 29.5. The maximum atomic E-state index is 13.2. The van der Waals surface area contributed by atoms with Crippen molar-refractivity contribution in [2.75, 3.05) is 39.5 Å². The number of alkyl halides is 2. The van der Waals surface area contributed by atoms with E-state index < -0.39 is 6.61 Å². The highest BCUT2D eigenvalue weighted by Crippen LogP contribution is 2.30. The third-order valence-electron chi connectivity index (χ3n) is 7.45. The highest BCUT2D eigenvalue weighted by molar-refractivity contribution is 5.75. The number of amides is 1. The van der Waals surface area contributed by atoms with E-state index in [-0.39, 0.29) is 30.0 Å². The molecule has 1 amide bonds. The lowest BCUT2D eigenvalue weighted by Gasteiger charge is -2.38. The molecule has 226 valence electrons. The molecule has 42 heavy (non-hydrogen) atoms. The van der Waals surface area contributed by atoms with Crippen LogP contribution >= 0.6 is 0 Å². The lowest BCUT2D eigenvalue weighted by Crippen LogP contribution is -2.48. The van der Waals surface area contributed by atoms with Crippen LogP contribution in [0.3, 0.4) is 0 Å². The summed E-state index contributed by atoms with van der Waals surface area (Å²) in [5.74, 6) is 1.11. The Hall–Kier alpha value is -4.00. The predicted octanol–water partition coefficient (Wildman–Crippen LogP) is 4.07. The van der Waals surface area contributed by atoms with E-state index in [1.165, 1.54) is 22.9 Å². The number of hydrogen-bond donors (Lipinski definition) is 0. The van der Waals surface area contributed by atoms with Crippen molar-refractivity contribution in [1.82, 2.24) is 24.3 Å². The van der Waals surface area contributed by atoms with Crippen LogP contribution in [0, 0.1) is 0 Å². The van der Waals surface area contributed by atoms with Crippen molar-refractivity contribution >= 4 is 17.1 Å². The summed E-state index contributed by atoms with van der Waals surface area (Å²) in [6.45, 7) is 2.96. The number of hydrogen-bond acceptors (Lipinski definition) is 9. The molecule has 0 bridgehead atoms. The molecule has 3 aromatic rings. The maximum absolute atomic E-state index is 13.2. The molecule has 3 aromatic heterocycles. The number of carbonyl (C=O) groups is 1. The van der Waals surface area contributed by atoms with Gasteiger partial charge in [0.25, 0.3) is 5.56 Å². The second-order valence-electron chi connectivity index (χ2n) is 10.3. The molecule has 0 unspecified atom stereocenters. The fourth-order valence-corrected chi connectivity index (χ4v) is 5.22. The van der Waals surface area contributed by atoms with Crippen LogP contribution in [0.2, 0.25) is 0 Å².